The van der Waals surface area contributed by atoms with Crippen LogP contribution in [0.4, 0.5) is 0 Å². The summed E-state index contributed by atoms with van der Waals surface area (Å²) in [5.74, 6) is 0. The second kappa shape index (κ2) is 25.0. The van der Waals surface area contributed by atoms with Crippen molar-refractivity contribution >= 4 is 19.4 Å². The summed E-state index contributed by atoms with van der Waals surface area (Å²) in [5, 5.41) is 0. The molecular weight excluding hydrogens is 474 g/mol. The SMILES string of the molecule is [Cl][Rh][Cl].c1cc[cH-]c1.c1cc[cH-]c1.c1cc[cH-]c1.c1cc[cH-]c1.c1cc[cH-]c1. The molecule has 0 amide bonds. The normalized spacial score (nSPS) is 7.93. The Morgan fingerprint density at radius 3 is 0.464 bits per heavy atom. The standard InChI is InChI=1S/5C5H5.2ClH.Rh/c5*1-2-4-5-3-1;;;/h5*1-5H;2*1H;/q5*-1;;;+2/p-2. The van der Waals surface area contributed by atoms with Crippen LogP contribution in [0.25, 0.3) is 0 Å². The largest absolute Gasteiger partial charge is 0.214 e. The van der Waals surface area contributed by atoms with Crippen molar-refractivity contribution in [3.8, 4) is 0 Å². The van der Waals surface area contributed by atoms with E-state index in [1.807, 2.05) is 152 Å². The van der Waals surface area contributed by atoms with Crippen LogP contribution in [0, 0.1) is 0 Å². The van der Waals surface area contributed by atoms with E-state index in [1.165, 1.54) is 0 Å². The molecule has 0 fully saturated rings. The third-order valence-electron chi connectivity index (χ3n) is 2.78. The van der Waals surface area contributed by atoms with Gasteiger partial charge in [-0.25, -0.2) is 60.7 Å². The van der Waals surface area contributed by atoms with E-state index in [0.717, 1.165) is 0 Å². The minimum Gasteiger partial charge on any atom is -0.214 e. The van der Waals surface area contributed by atoms with Gasteiger partial charge >= 0.3 is 34.5 Å². The van der Waals surface area contributed by atoms with Crippen LogP contribution >= 0.6 is 19.4 Å². The quantitative estimate of drug-likeness (QED) is 0.148. The van der Waals surface area contributed by atoms with Gasteiger partial charge in [0.05, 0.1) is 0 Å². The number of hydrogen-bond acceptors (Lipinski definition) is 0. The molecule has 0 spiro atoms. The maximum atomic E-state index is 4.83. The minimum absolute atomic E-state index is 0.226. The first-order valence-corrected chi connectivity index (χ1v) is 12.8. The van der Waals surface area contributed by atoms with E-state index in [9.17, 15) is 0 Å². The summed E-state index contributed by atoms with van der Waals surface area (Å²) in [7, 11) is 9.67. The Bertz CT molecular complexity index is 466. The molecule has 0 bridgehead atoms. The van der Waals surface area contributed by atoms with Gasteiger partial charge < -0.3 is 0 Å². The number of hydrogen-bond donors (Lipinski definition) is 0. The van der Waals surface area contributed by atoms with Crippen LogP contribution in [0.2, 0.25) is 0 Å². The Morgan fingerprint density at radius 1 is 0.321 bits per heavy atom. The van der Waals surface area contributed by atoms with Gasteiger partial charge in [-0.15, -0.1) is 0 Å². The topological polar surface area (TPSA) is 0 Å². The van der Waals surface area contributed by atoms with Crippen LogP contribution in [0.5, 0.6) is 0 Å². The van der Waals surface area contributed by atoms with Crippen molar-refractivity contribution in [3.63, 3.8) is 0 Å². The molecule has 5 aromatic rings. The first kappa shape index (κ1) is 26.0. The molecule has 0 aliphatic heterocycles. The van der Waals surface area contributed by atoms with Gasteiger partial charge in [-0.3, -0.25) is 0 Å². The summed E-state index contributed by atoms with van der Waals surface area (Å²) in [6.45, 7) is 0. The molecule has 0 saturated heterocycles. The van der Waals surface area contributed by atoms with Crippen molar-refractivity contribution in [1.82, 2.24) is 0 Å². The van der Waals surface area contributed by atoms with Crippen LogP contribution < -0.4 is 0 Å². The molecule has 0 unspecified atom stereocenters. The van der Waals surface area contributed by atoms with Gasteiger partial charge in [0.2, 0.25) is 0 Å². The Kier molecular flexibility index (Phi) is 23.1. The smallest absolute Gasteiger partial charge is 0.172 e. The van der Waals surface area contributed by atoms with Gasteiger partial charge in [-0.2, -0.15) is 91.0 Å². The van der Waals surface area contributed by atoms with Gasteiger partial charge in [-0.1, -0.05) is 0 Å². The van der Waals surface area contributed by atoms with Crippen molar-refractivity contribution in [3.05, 3.63) is 152 Å². The first-order chi connectivity index (χ1) is 13.9. The van der Waals surface area contributed by atoms with Gasteiger partial charge in [-0.05, 0) is 0 Å². The molecule has 0 aliphatic rings. The van der Waals surface area contributed by atoms with Crippen molar-refractivity contribution in [2.75, 3.05) is 0 Å². The predicted octanol–water partition coefficient (Wildman–Crippen LogP) is 8.40. The molecule has 0 atom stereocenters. The van der Waals surface area contributed by atoms with E-state index in [1.54, 1.807) is 0 Å². The fraction of sp³-hybridized carbons (Fsp3) is 0. The zero-order chi connectivity index (χ0) is 20.4. The fourth-order valence-corrected chi connectivity index (χ4v) is 1.60. The molecule has 5 aromatic carbocycles. The minimum atomic E-state index is -0.226. The monoisotopic (exact) mass is 498 g/mol. The molecular formula is C25H25Cl2Rh-5. The van der Waals surface area contributed by atoms with Gasteiger partial charge in [0.25, 0.3) is 0 Å². The van der Waals surface area contributed by atoms with Crippen LogP contribution in [0.1, 0.15) is 0 Å². The van der Waals surface area contributed by atoms with Crippen LogP contribution in [0.15, 0.2) is 152 Å². The van der Waals surface area contributed by atoms with Crippen LogP contribution in [-0.2, 0) is 15.1 Å². The van der Waals surface area contributed by atoms with Crippen LogP contribution in [-0.4, -0.2) is 0 Å². The predicted molar refractivity (Wildman–Crippen MR) is 122 cm³/mol. The molecule has 0 aliphatic carbocycles. The van der Waals surface area contributed by atoms with Crippen molar-refractivity contribution in [2.24, 2.45) is 0 Å². The van der Waals surface area contributed by atoms with E-state index >= 15 is 0 Å². The van der Waals surface area contributed by atoms with Gasteiger partial charge in [0, 0.05) is 0 Å². The molecule has 153 valence electrons. The number of rotatable bonds is 0. The van der Waals surface area contributed by atoms with E-state index < -0.39 is 0 Å². The zero-order valence-electron chi connectivity index (χ0n) is 15.5. The van der Waals surface area contributed by atoms with E-state index in [2.05, 4.69) is 0 Å². The van der Waals surface area contributed by atoms with E-state index in [4.69, 9.17) is 19.4 Å². The summed E-state index contributed by atoms with van der Waals surface area (Å²) in [4.78, 5) is 0. The van der Waals surface area contributed by atoms with Crippen LogP contribution in [0.3, 0.4) is 0 Å². The summed E-state index contributed by atoms with van der Waals surface area (Å²) in [5.41, 5.74) is 0. The summed E-state index contributed by atoms with van der Waals surface area (Å²) in [6, 6.07) is 50.0. The Balaban J connectivity index is 0.000000315. The molecule has 3 heteroatoms. The molecule has 0 radical (unpaired) electrons. The average Bonchev–Trinajstić information content (AvgIpc) is 3.63. The maximum absolute atomic E-state index is 4.83. The Hall–Kier alpha value is -2.05. The van der Waals surface area contributed by atoms with Crippen molar-refractivity contribution in [1.29, 1.82) is 0 Å². The molecule has 0 N–H and O–H groups in total. The molecule has 0 aromatic heterocycles. The fourth-order valence-electron chi connectivity index (χ4n) is 1.60. The maximum Gasteiger partial charge on any atom is -0.172 e. The third kappa shape index (κ3) is 24.0. The first-order valence-electron chi connectivity index (χ1n) is 8.59. The average molecular weight is 499 g/mol. The molecule has 0 saturated carbocycles. The van der Waals surface area contributed by atoms with Crippen molar-refractivity contribution in [2.45, 2.75) is 0 Å². The molecule has 0 heterocycles. The van der Waals surface area contributed by atoms with Gasteiger partial charge in [0.15, 0.2) is 0 Å². The van der Waals surface area contributed by atoms with Gasteiger partial charge in [0.1, 0.15) is 0 Å². The summed E-state index contributed by atoms with van der Waals surface area (Å²) >= 11 is -0.226. The zero-order valence-corrected chi connectivity index (χ0v) is 18.7. The van der Waals surface area contributed by atoms with Crippen molar-refractivity contribution < 1.29 is 15.1 Å². The third-order valence-corrected chi connectivity index (χ3v) is 2.78. The van der Waals surface area contributed by atoms with E-state index in [0.29, 0.717) is 0 Å². The second-order valence-corrected chi connectivity index (χ2v) is 7.35. The molecule has 5 rings (SSSR count). The Morgan fingerprint density at radius 2 is 0.429 bits per heavy atom. The Labute approximate surface area is 185 Å². The second-order valence-electron chi connectivity index (χ2n) is 4.86. The molecule has 28 heavy (non-hydrogen) atoms. The van der Waals surface area contributed by atoms with E-state index in [-0.39, 0.29) is 15.1 Å². The number of halogens is 2. The summed E-state index contributed by atoms with van der Waals surface area (Å²) in [6.07, 6.45) is 0. The molecule has 0 nitrogen and oxygen atoms in total. The summed E-state index contributed by atoms with van der Waals surface area (Å²) < 4.78 is 0.